The zero-order valence-corrected chi connectivity index (χ0v) is 34.6. The topological polar surface area (TPSA) is 314 Å². The molecule has 6 amide bonds. The fourth-order valence-electron chi connectivity index (χ4n) is 6.70. The lowest BCUT2D eigenvalue weighted by atomic mass is 10.0. The monoisotopic (exact) mass is 879 g/mol. The van der Waals surface area contributed by atoms with Gasteiger partial charge in [-0.25, -0.2) is 14.8 Å². The van der Waals surface area contributed by atoms with E-state index in [0.717, 1.165) is 10.6 Å². The van der Waals surface area contributed by atoms with Gasteiger partial charge in [0.1, 0.15) is 18.7 Å². The summed E-state index contributed by atoms with van der Waals surface area (Å²) in [5.74, 6) is 1.08. The van der Waals surface area contributed by atoms with Crippen molar-refractivity contribution in [2.45, 2.75) is 44.3 Å². The summed E-state index contributed by atoms with van der Waals surface area (Å²) in [6, 6.07) is 8.82. The lowest BCUT2D eigenvalue weighted by Crippen LogP contribution is -2.54. The van der Waals surface area contributed by atoms with Crippen molar-refractivity contribution in [1.29, 1.82) is 0 Å². The van der Waals surface area contributed by atoms with E-state index in [4.69, 9.17) is 25.7 Å². The molecule has 0 bridgehead atoms. The van der Waals surface area contributed by atoms with Crippen LogP contribution in [0.25, 0.3) is 11.2 Å². The molecule has 2 aromatic heterocycles. The van der Waals surface area contributed by atoms with Crippen LogP contribution < -0.4 is 32.3 Å². The van der Waals surface area contributed by atoms with Gasteiger partial charge in [-0.3, -0.25) is 39.0 Å². The van der Waals surface area contributed by atoms with Gasteiger partial charge in [-0.15, -0.1) is 0 Å². The summed E-state index contributed by atoms with van der Waals surface area (Å²) < 4.78 is 16.4. The Morgan fingerprint density at radius 1 is 0.969 bits per heavy atom. The summed E-state index contributed by atoms with van der Waals surface area (Å²) in [5.41, 5.74) is 14.3. The van der Waals surface area contributed by atoms with Gasteiger partial charge in [0.25, 0.3) is 17.7 Å². The average Bonchev–Trinajstić information content (AvgIpc) is 3.52. The minimum Gasteiger partial charge on any atom is -0.480 e. The molecule has 2 aromatic carbocycles. The number of benzene rings is 2. The number of nitrogen functional groups attached to an aromatic ring is 2. The van der Waals surface area contributed by atoms with Crippen molar-refractivity contribution in [2.75, 3.05) is 69.6 Å². The Bertz CT molecular complexity index is 2510. The van der Waals surface area contributed by atoms with Crippen LogP contribution in [-0.2, 0) is 39.9 Å². The minimum atomic E-state index is -1.30. The quantitative estimate of drug-likeness (QED) is 0.0380. The molecule has 6 rings (SSSR count). The second kappa shape index (κ2) is 21.5. The first-order valence-corrected chi connectivity index (χ1v) is 20.0. The number of carboxylic acid groups (broad SMARTS) is 1. The molecule has 0 aliphatic carbocycles. The van der Waals surface area contributed by atoms with Crippen molar-refractivity contribution < 1.29 is 52.9 Å². The Hall–Kier alpha value is -7.61. The number of aliphatic carboxylic acids is 1. The van der Waals surface area contributed by atoms with Gasteiger partial charge in [-0.2, -0.15) is 9.97 Å². The van der Waals surface area contributed by atoms with Crippen LogP contribution >= 0.6 is 0 Å². The average molecular weight is 880 g/mol. The van der Waals surface area contributed by atoms with Crippen LogP contribution in [0.4, 0.5) is 17.5 Å². The lowest BCUT2D eigenvalue weighted by Gasteiger charge is -2.27. The Morgan fingerprint density at radius 2 is 1.70 bits per heavy atom. The molecule has 22 heteroatoms. The fraction of sp³-hybridized carbons (Fsp3) is 0.357. The highest BCUT2D eigenvalue weighted by Gasteiger charge is 2.45. The summed E-state index contributed by atoms with van der Waals surface area (Å²) in [6.45, 7) is 1.67. The highest BCUT2D eigenvalue weighted by molar-refractivity contribution is 6.24. The Kier molecular flexibility index (Phi) is 15.4. The highest BCUT2D eigenvalue weighted by atomic mass is 16.5. The predicted octanol–water partition coefficient (Wildman–Crippen LogP) is -0.197. The van der Waals surface area contributed by atoms with E-state index in [1.54, 1.807) is 42.6 Å². The number of hydrogen-bond acceptors (Lipinski definition) is 17. The van der Waals surface area contributed by atoms with Gasteiger partial charge < -0.3 is 46.3 Å². The zero-order chi connectivity index (χ0) is 45.8. The number of carboxylic acids is 1. The van der Waals surface area contributed by atoms with Crippen LogP contribution in [0.2, 0.25) is 0 Å². The number of rotatable bonds is 20. The summed E-state index contributed by atoms with van der Waals surface area (Å²) in [5, 5.41) is 17.0. The number of aromatic nitrogens is 4. The number of carbonyl (C=O) groups is 7. The highest BCUT2D eigenvalue weighted by Crippen LogP contribution is 2.29. The van der Waals surface area contributed by atoms with E-state index < -0.39 is 53.5 Å². The number of fused-ring (bicyclic) bond motifs is 2. The van der Waals surface area contributed by atoms with Crippen molar-refractivity contribution >= 4 is 70.0 Å². The Balaban J connectivity index is 0.813. The van der Waals surface area contributed by atoms with Crippen LogP contribution in [-0.4, -0.2) is 137 Å². The third kappa shape index (κ3) is 11.6. The van der Waals surface area contributed by atoms with Crippen molar-refractivity contribution in [3.63, 3.8) is 0 Å². The second-order valence-corrected chi connectivity index (χ2v) is 14.4. The maximum Gasteiger partial charge on any atom is 0.326 e. The van der Waals surface area contributed by atoms with E-state index in [0.29, 0.717) is 23.3 Å². The molecule has 4 aromatic rings. The summed E-state index contributed by atoms with van der Waals surface area (Å²) in [6.07, 6.45) is 1.35. The molecular weight excluding hydrogens is 835 g/mol. The first kappa shape index (κ1) is 45.9. The molecule has 0 spiro atoms. The molecular formula is C42H45N11O11. The van der Waals surface area contributed by atoms with E-state index in [2.05, 4.69) is 47.7 Å². The third-order valence-electron chi connectivity index (χ3n) is 9.91. The zero-order valence-electron chi connectivity index (χ0n) is 34.6. The predicted molar refractivity (Wildman–Crippen MR) is 226 cm³/mol. The normalized spacial score (nSPS) is 15.0. The SMILES string of the molecule is CN(Cc1cnc2nc(N)nc(N)c2n1)c1ccc(C(=O)N[C@@H](CCC(=O)NCCOCCOCCOCC#Cc2cccc3c2C(=O)N(C2CCC(=O)NC2=O)C3=O)C(=O)O)cc1. The van der Waals surface area contributed by atoms with Gasteiger partial charge in [0.05, 0.1) is 62.6 Å². The van der Waals surface area contributed by atoms with Gasteiger partial charge in [0.2, 0.25) is 23.7 Å². The van der Waals surface area contributed by atoms with Gasteiger partial charge in [-0.05, 0) is 49.2 Å². The number of amides is 6. The number of anilines is 3. The number of nitrogens with one attached hydrogen (secondary N) is 3. The molecule has 0 saturated carbocycles. The van der Waals surface area contributed by atoms with E-state index in [1.165, 1.54) is 6.07 Å². The molecule has 0 radical (unpaired) electrons. The van der Waals surface area contributed by atoms with Gasteiger partial charge in [0.15, 0.2) is 17.0 Å². The molecule has 2 aliphatic heterocycles. The Labute approximate surface area is 365 Å². The first-order valence-electron chi connectivity index (χ1n) is 20.0. The van der Waals surface area contributed by atoms with Crippen LogP contribution in [0.1, 0.15) is 68.0 Å². The molecule has 8 N–H and O–H groups in total. The first-order chi connectivity index (χ1) is 30.8. The number of ether oxygens (including phenoxy) is 3. The smallest absolute Gasteiger partial charge is 0.326 e. The number of nitrogens with zero attached hydrogens (tertiary/aromatic N) is 6. The van der Waals surface area contributed by atoms with Crippen LogP contribution in [0.15, 0.2) is 48.7 Å². The molecule has 4 heterocycles. The summed E-state index contributed by atoms with van der Waals surface area (Å²) in [7, 11) is 1.82. The lowest BCUT2D eigenvalue weighted by molar-refractivity contribution is -0.140. The molecule has 64 heavy (non-hydrogen) atoms. The largest absolute Gasteiger partial charge is 0.480 e. The molecule has 22 nitrogen and oxygen atoms in total. The molecule has 1 unspecified atom stereocenters. The minimum absolute atomic E-state index is 0.00205. The number of piperidine rings is 1. The van der Waals surface area contributed by atoms with Crippen molar-refractivity contribution in [3.05, 3.63) is 76.6 Å². The number of nitrogens with two attached hydrogens (primary N) is 2. The van der Waals surface area contributed by atoms with Crippen molar-refractivity contribution in [2.24, 2.45) is 0 Å². The molecule has 2 aliphatic rings. The summed E-state index contributed by atoms with van der Waals surface area (Å²) >= 11 is 0. The molecule has 1 saturated heterocycles. The van der Waals surface area contributed by atoms with Gasteiger partial charge in [-0.1, -0.05) is 17.9 Å². The van der Waals surface area contributed by atoms with Crippen LogP contribution in [0.5, 0.6) is 0 Å². The molecule has 1 fully saturated rings. The van der Waals surface area contributed by atoms with E-state index in [-0.39, 0.29) is 106 Å². The van der Waals surface area contributed by atoms with Crippen LogP contribution in [0.3, 0.4) is 0 Å². The van der Waals surface area contributed by atoms with E-state index >= 15 is 0 Å². The van der Waals surface area contributed by atoms with Crippen molar-refractivity contribution in [1.82, 2.24) is 40.8 Å². The standard InChI is InChI=1S/C42H45N11O11/c1-52(23-26-22-46-36-34(47-26)35(43)50-42(44)51-36)27-9-7-25(8-10-27)37(56)48-29(41(60)61)11-13-31(54)45-15-17-63-19-21-64-20-18-62-16-3-5-24-4-2-6-28-33(24)40(59)53(39(28)58)30-12-14-32(55)49-38(30)57/h2,4,6-10,22,29-30H,11-21,23H2,1H3,(H,45,54)(H,48,56)(H,60,61)(H,49,55,57)(H4,43,44,46,50,51)/t29-,30?/m0/s1. The number of carbonyl (C=O) groups excluding carboxylic acids is 6. The summed E-state index contributed by atoms with van der Waals surface area (Å²) in [4.78, 5) is 107. The Morgan fingerprint density at radius 3 is 2.44 bits per heavy atom. The molecule has 334 valence electrons. The number of hydrogen-bond donors (Lipinski definition) is 6. The molecule has 2 atom stereocenters. The van der Waals surface area contributed by atoms with E-state index in [1.807, 2.05) is 11.9 Å². The van der Waals surface area contributed by atoms with Crippen molar-refractivity contribution in [3.8, 4) is 11.8 Å². The number of imide groups is 2. The van der Waals surface area contributed by atoms with Gasteiger partial charge >= 0.3 is 5.97 Å². The second-order valence-electron chi connectivity index (χ2n) is 14.4. The third-order valence-corrected chi connectivity index (χ3v) is 9.91. The maximum absolute atomic E-state index is 13.2. The van der Waals surface area contributed by atoms with Crippen LogP contribution in [0, 0.1) is 11.8 Å². The maximum atomic E-state index is 13.2. The fourth-order valence-corrected chi connectivity index (χ4v) is 6.70. The van der Waals surface area contributed by atoms with E-state index in [9.17, 15) is 38.7 Å². The van der Waals surface area contributed by atoms with Gasteiger partial charge in [0, 0.05) is 43.2 Å².